The first kappa shape index (κ1) is 21.8. The molecule has 4 aromatic rings. The van der Waals surface area contributed by atoms with Gasteiger partial charge in [-0.05, 0) is 30.5 Å². The minimum atomic E-state index is 0.364. The number of nitrogen functional groups attached to an aromatic ring is 1. The van der Waals surface area contributed by atoms with Crippen LogP contribution in [0.3, 0.4) is 0 Å². The fraction of sp³-hybridized carbons (Fsp3) is 0.261. The lowest BCUT2D eigenvalue weighted by Gasteiger charge is -2.14. The Morgan fingerprint density at radius 2 is 1.69 bits per heavy atom. The van der Waals surface area contributed by atoms with Crippen molar-refractivity contribution in [2.75, 3.05) is 27.1 Å². The monoisotopic (exact) mass is 451 g/mol. The second-order valence-corrected chi connectivity index (χ2v) is 8.07. The van der Waals surface area contributed by atoms with Crippen molar-refractivity contribution >= 4 is 28.7 Å². The van der Waals surface area contributed by atoms with E-state index in [-0.39, 0.29) is 0 Å². The van der Waals surface area contributed by atoms with E-state index in [1.54, 1.807) is 21.3 Å². The summed E-state index contributed by atoms with van der Waals surface area (Å²) in [5, 5.41) is 0.773. The molecule has 0 amide bonds. The van der Waals surface area contributed by atoms with Gasteiger partial charge in [0.15, 0.2) is 33.6 Å². The second-order valence-electron chi connectivity index (χ2n) is 7.03. The molecule has 0 saturated heterocycles. The summed E-state index contributed by atoms with van der Waals surface area (Å²) in [7, 11) is 4.78. The Kier molecular flexibility index (Phi) is 6.65. The molecular weight excluding hydrogens is 426 g/mol. The molecule has 2 aromatic carbocycles. The van der Waals surface area contributed by atoms with Crippen LogP contribution in [0.1, 0.15) is 12.0 Å². The fourth-order valence-corrected chi connectivity index (χ4v) is 4.49. The fourth-order valence-electron chi connectivity index (χ4n) is 3.52. The quantitative estimate of drug-likeness (QED) is 0.404. The molecule has 4 rings (SSSR count). The topological polar surface area (TPSA) is 97.3 Å². The van der Waals surface area contributed by atoms with Gasteiger partial charge in [0.2, 0.25) is 5.75 Å². The van der Waals surface area contributed by atoms with Gasteiger partial charge in [-0.1, -0.05) is 42.1 Å². The highest BCUT2D eigenvalue weighted by Gasteiger charge is 2.19. The summed E-state index contributed by atoms with van der Waals surface area (Å²) < 4.78 is 18.5. The largest absolute Gasteiger partial charge is 0.493 e. The Bertz CT molecular complexity index is 1190. The summed E-state index contributed by atoms with van der Waals surface area (Å²) in [5.74, 6) is 2.08. The van der Waals surface area contributed by atoms with Crippen LogP contribution in [0.25, 0.3) is 11.2 Å². The van der Waals surface area contributed by atoms with E-state index in [0.717, 1.165) is 35.1 Å². The van der Waals surface area contributed by atoms with Gasteiger partial charge in [0.25, 0.3) is 0 Å². The van der Waals surface area contributed by atoms with E-state index in [1.165, 1.54) is 23.7 Å². The second kappa shape index (κ2) is 9.78. The molecule has 2 aromatic heterocycles. The van der Waals surface area contributed by atoms with Crippen molar-refractivity contribution in [1.82, 2.24) is 19.5 Å². The first-order chi connectivity index (χ1) is 15.6. The molecule has 0 aliphatic carbocycles. The van der Waals surface area contributed by atoms with Crippen LogP contribution in [0.5, 0.6) is 17.2 Å². The summed E-state index contributed by atoms with van der Waals surface area (Å²) in [6, 6.07) is 14.2. The van der Waals surface area contributed by atoms with E-state index in [1.807, 2.05) is 18.2 Å². The van der Waals surface area contributed by atoms with Crippen LogP contribution in [0, 0.1) is 0 Å². The Hall–Kier alpha value is -3.46. The highest BCUT2D eigenvalue weighted by atomic mass is 32.2. The van der Waals surface area contributed by atoms with Gasteiger partial charge in [0, 0.05) is 11.4 Å². The van der Waals surface area contributed by atoms with Crippen molar-refractivity contribution in [3.05, 3.63) is 54.4 Å². The minimum absolute atomic E-state index is 0.364. The van der Waals surface area contributed by atoms with Gasteiger partial charge in [-0.2, -0.15) is 0 Å². The summed E-state index contributed by atoms with van der Waals surface area (Å²) in [4.78, 5) is 14.2. The van der Waals surface area contributed by atoms with E-state index >= 15 is 0 Å². The van der Waals surface area contributed by atoms with Crippen LogP contribution in [-0.4, -0.2) is 40.8 Å². The predicted molar refractivity (Wildman–Crippen MR) is 125 cm³/mol. The van der Waals surface area contributed by atoms with Crippen LogP contribution in [0.4, 0.5) is 5.82 Å². The molecule has 0 saturated carbocycles. The minimum Gasteiger partial charge on any atom is -0.493 e. The number of nitrogens with zero attached hydrogens (tertiary/aromatic N) is 4. The molecule has 0 radical (unpaired) electrons. The maximum atomic E-state index is 6.09. The maximum Gasteiger partial charge on any atom is 0.203 e. The Morgan fingerprint density at radius 1 is 0.969 bits per heavy atom. The first-order valence-electron chi connectivity index (χ1n) is 10.1. The lowest BCUT2D eigenvalue weighted by Crippen LogP contribution is -2.03. The van der Waals surface area contributed by atoms with Crippen LogP contribution in [-0.2, 0) is 13.0 Å². The molecule has 0 bridgehead atoms. The number of nitrogens with two attached hydrogens (primary N) is 1. The van der Waals surface area contributed by atoms with Crippen molar-refractivity contribution in [3.63, 3.8) is 0 Å². The standard InChI is InChI=1S/C23H25N5O3S/c1-29-17-12-16(13-18(30-2)20(17)31-3)32-23-27-19-21(24)25-14-26-22(19)28(23)11-7-10-15-8-5-4-6-9-15/h4-6,8-9,12-14H,7,10-11H2,1-3H3,(H2,24,25,26). The summed E-state index contributed by atoms with van der Waals surface area (Å²) in [5.41, 5.74) is 8.71. The van der Waals surface area contributed by atoms with Crippen LogP contribution in [0.15, 0.2) is 58.8 Å². The van der Waals surface area contributed by atoms with Gasteiger partial charge in [-0.25, -0.2) is 15.0 Å². The number of anilines is 1. The molecule has 166 valence electrons. The van der Waals surface area contributed by atoms with Gasteiger partial charge in [0.05, 0.1) is 21.3 Å². The van der Waals surface area contributed by atoms with Crippen molar-refractivity contribution in [2.24, 2.45) is 0 Å². The third-order valence-corrected chi connectivity index (χ3v) is 6.03. The number of methoxy groups -OCH3 is 3. The maximum absolute atomic E-state index is 6.09. The smallest absolute Gasteiger partial charge is 0.203 e. The van der Waals surface area contributed by atoms with Crippen LogP contribution < -0.4 is 19.9 Å². The molecule has 0 aliphatic heterocycles. The van der Waals surface area contributed by atoms with Crippen LogP contribution in [0.2, 0.25) is 0 Å². The van der Waals surface area contributed by atoms with E-state index < -0.39 is 0 Å². The first-order valence-corrected chi connectivity index (χ1v) is 10.9. The highest BCUT2D eigenvalue weighted by molar-refractivity contribution is 7.99. The number of hydrogen-bond donors (Lipinski definition) is 1. The number of benzene rings is 2. The molecule has 0 atom stereocenters. The Labute approximate surface area is 190 Å². The molecule has 0 unspecified atom stereocenters. The zero-order valence-corrected chi connectivity index (χ0v) is 19.1. The number of aromatic nitrogens is 4. The molecule has 32 heavy (non-hydrogen) atoms. The number of rotatable bonds is 9. The SMILES string of the molecule is COc1cc(Sc2nc3c(N)ncnc3n2CCCc2ccccc2)cc(OC)c1OC. The molecule has 2 N–H and O–H groups in total. The molecule has 9 heteroatoms. The molecule has 0 aliphatic rings. The Morgan fingerprint density at radius 3 is 2.34 bits per heavy atom. The zero-order valence-electron chi connectivity index (χ0n) is 18.2. The Balaban J connectivity index is 1.67. The van der Waals surface area contributed by atoms with E-state index in [0.29, 0.717) is 28.6 Å². The lowest BCUT2D eigenvalue weighted by atomic mass is 10.1. The number of imidazole rings is 1. The predicted octanol–water partition coefficient (Wildman–Crippen LogP) is 4.22. The summed E-state index contributed by atoms with van der Waals surface area (Å²) >= 11 is 1.49. The number of ether oxygens (including phenoxy) is 3. The van der Waals surface area contributed by atoms with Gasteiger partial charge in [-0.3, -0.25) is 0 Å². The number of hydrogen-bond acceptors (Lipinski definition) is 8. The molecular formula is C23H25N5O3S. The lowest BCUT2D eigenvalue weighted by molar-refractivity contribution is 0.323. The summed E-state index contributed by atoms with van der Waals surface area (Å²) in [6.45, 7) is 0.745. The van der Waals surface area contributed by atoms with Crippen molar-refractivity contribution < 1.29 is 14.2 Å². The molecule has 0 spiro atoms. The van der Waals surface area contributed by atoms with Crippen molar-refractivity contribution in [1.29, 1.82) is 0 Å². The number of aryl methyl sites for hydroxylation is 2. The third kappa shape index (κ3) is 4.43. The highest BCUT2D eigenvalue weighted by Crippen LogP contribution is 2.42. The van der Waals surface area contributed by atoms with E-state index in [9.17, 15) is 0 Å². The normalized spacial score (nSPS) is 11.0. The average Bonchev–Trinajstić information content (AvgIpc) is 3.17. The molecule has 2 heterocycles. The number of fused-ring (bicyclic) bond motifs is 1. The molecule has 8 nitrogen and oxygen atoms in total. The van der Waals surface area contributed by atoms with Crippen molar-refractivity contribution in [3.8, 4) is 17.2 Å². The van der Waals surface area contributed by atoms with Crippen molar-refractivity contribution in [2.45, 2.75) is 29.4 Å². The van der Waals surface area contributed by atoms with Gasteiger partial charge >= 0.3 is 0 Å². The zero-order chi connectivity index (χ0) is 22.5. The average molecular weight is 452 g/mol. The van der Waals surface area contributed by atoms with Crippen LogP contribution >= 0.6 is 11.8 Å². The van der Waals surface area contributed by atoms with E-state index in [2.05, 4.69) is 38.8 Å². The van der Waals surface area contributed by atoms with Gasteiger partial charge in [0.1, 0.15) is 6.33 Å². The van der Waals surface area contributed by atoms with Gasteiger partial charge < -0.3 is 24.5 Å². The third-order valence-electron chi connectivity index (χ3n) is 5.06. The van der Waals surface area contributed by atoms with Gasteiger partial charge in [-0.15, -0.1) is 0 Å². The van der Waals surface area contributed by atoms with E-state index in [4.69, 9.17) is 24.9 Å². The molecule has 0 fully saturated rings. The summed E-state index contributed by atoms with van der Waals surface area (Å²) in [6.07, 6.45) is 3.36.